The fourth-order valence-electron chi connectivity index (χ4n) is 3.07. The number of benzene rings is 2. The molecular weight excluding hydrogens is 302 g/mol. The summed E-state index contributed by atoms with van der Waals surface area (Å²) in [5.74, 6) is 0.228. The minimum Gasteiger partial charge on any atom is -0.454 e. The maximum Gasteiger partial charge on any atom is 0.197 e. The maximum absolute atomic E-state index is 7.96. The monoisotopic (exact) mass is 317 g/mol. The Labute approximate surface area is 137 Å². The van der Waals surface area contributed by atoms with Gasteiger partial charge in [-0.25, -0.2) is 0 Å². The molecule has 0 unspecified atom stereocenters. The van der Waals surface area contributed by atoms with Gasteiger partial charge in [-0.1, -0.05) is 36.4 Å². The van der Waals surface area contributed by atoms with Crippen molar-refractivity contribution in [2.24, 2.45) is 11.5 Å². The summed E-state index contributed by atoms with van der Waals surface area (Å²) >= 11 is 0. The van der Waals surface area contributed by atoms with E-state index in [1.807, 2.05) is 54.6 Å². The first-order valence-corrected chi connectivity index (χ1v) is 7.39. The number of nitrogens with one attached hydrogen (secondary N) is 2. The molecule has 0 amide bonds. The number of hydrogen-bond acceptors (Lipinski definition) is 3. The molecule has 2 aromatic heterocycles. The standard InChI is InChI=1S/C18H15N5O/c19-17(20)15-11-6-2-4-8-14(11)24-16(15)13-9-10-5-1-3-7-12(10)23(13)18(21)22/h1-9H,(H3,19,20)(H3,21,22). The number of para-hydroxylation sites is 2. The molecule has 0 atom stereocenters. The molecule has 118 valence electrons. The van der Waals surface area contributed by atoms with Crippen molar-refractivity contribution in [1.82, 2.24) is 4.57 Å². The van der Waals surface area contributed by atoms with Crippen molar-refractivity contribution >= 4 is 33.7 Å². The fraction of sp³-hybridized carbons (Fsp3) is 0. The van der Waals surface area contributed by atoms with Crippen molar-refractivity contribution in [3.05, 3.63) is 60.2 Å². The van der Waals surface area contributed by atoms with E-state index in [9.17, 15) is 0 Å². The minimum atomic E-state index is -0.124. The molecule has 0 fully saturated rings. The Morgan fingerprint density at radius 2 is 1.67 bits per heavy atom. The summed E-state index contributed by atoms with van der Waals surface area (Å²) in [5, 5.41) is 17.6. The lowest BCUT2D eigenvalue weighted by atomic mass is 10.1. The van der Waals surface area contributed by atoms with Crippen LogP contribution in [0.1, 0.15) is 5.56 Å². The zero-order valence-electron chi connectivity index (χ0n) is 12.7. The molecule has 0 radical (unpaired) electrons. The normalized spacial score (nSPS) is 11.2. The van der Waals surface area contributed by atoms with Gasteiger partial charge in [-0.3, -0.25) is 15.4 Å². The number of hydrogen-bond donors (Lipinski definition) is 4. The number of aromatic nitrogens is 1. The first-order chi connectivity index (χ1) is 11.6. The number of fused-ring (bicyclic) bond motifs is 2. The molecule has 6 nitrogen and oxygen atoms in total. The Kier molecular flexibility index (Phi) is 2.93. The van der Waals surface area contributed by atoms with Gasteiger partial charge in [-0.05, 0) is 18.2 Å². The van der Waals surface area contributed by atoms with Crippen LogP contribution in [0.25, 0.3) is 33.3 Å². The number of nitrogen functional groups attached to an aromatic ring is 2. The fourth-order valence-corrected chi connectivity index (χ4v) is 3.07. The molecule has 6 N–H and O–H groups in total. The zero-order chi connectivity index (χ0) is 16.8. The van der Waals surface area contributed by atoms with E-state index < -0.39 is 0 Å². The number of furan rings is 1. The van der Waals surface area contributed by atoms with Crippen molar-refractivity contribution in [2.45, 2.75) is 0 Å². The molecular formula is C18H15N5O. The molecule has 0 saturated heterocycles. The van der Waals surface area contributed by atoms with Crippen LogP contribution in [0.2, 0.25) is 0 Å². The van der Waals surface area contributed by atoms with Crippen LogP contribution in [0.5, 0.6) is 0 Å². The lowest BCUT2D eigenvalue weighted by Gasteiger charge is -2.07. The molecule has 2 heterocycles. The van der Waals surface area contributed by atoms with E-state index in [2.05, 4.69) is 0 Å². The summed E-state index contributed by atoms with van der Waals surface area (Å²) in [5.41, 5.74) is 14.2. The van der Waals surface area contributed by atoms with Crippen LogP contribution in [0, 0.1) is 10.8 Å². The van der Waals surface area contributed by atoms with Crippen molar-refractivity contribution in [3.63, 3.8) is 0 Å². The second-order valence-electron chi connectivity index (χ2n) is 5.53. The zero-order valence-corrected chi connectivity index (χ0v) is 12.7. The van der Waals surface area contributed by atoms with Gasteiger partial charge < -0.3 is 15.9 Å². The Morgan fingerprint density at radius 3 is 2.42 bits per heavy atom. The number of nitrogens with two attached hydrogens (primary N) is 2. The first kappa shape index (κ1) is 14.1. The van der Waals surface area contributed by atoms with Crippen LogP contribution in [0.3, 0.4) is 0 Å². The van der Waals surface area contributed by atoms with Gasteiger partial charge in [0.1, 0.15) is 11.4 Å². The molecule has 2 aromatic carbocycles. The highest BCUT2D eigenvalue weighted by atomic mass is 16.3. The minimum absolute atomic E-state index is 0.0877. The molecule has 0 saturated carbocycles. The van der Waals surface area contributed by atoms with Gasteiger partial charge >= 0.3 is 0 Å². The van der Waals surface area contributed by atoms with E-state index in [1.165, 1.54) is 0 Å². The Balaban J connectivity index is 2.14. The highest BCUT2D eigenvalue weighted by molar-refractivity contribution is 6.12. The molecule has 24 heavy (non-hydrogen) atoms. The summed E-state index contributed by atoms with van der Waals surface area (Å²) < 4.78 is 7.57. The molecule has 0 spiro atoms. The molecule has 0 bridgehead atoms. The third-order valence-electron chi connectivity index (χ3n) is 4.05. The van der Waals surface area contributed by atoms with Gasteiger partial charge in [0, 0.05) is 10.8 Å². The van der Waals surface area contributed by atoms with E-state index in [0.717, 1.165) is 16.3 Å². The van der Waals surface area contributed by atoms with E-state index >= 15 is 0 Å². The summed E-state index contributed by atoms with van der Waals surface area (Å²) in [6, 6.07) is 16.9. The average Bonchev–Trinajstić information content (AvgIpc) is 3.12. The van der Waals surface area contributed by atoms with E-state index in [1.54, 1.807) is 4.57 Å². The third-order valence-corrected chi connectivity index (χ3v) is 4.05. The number of amidine groups is 1. The van der Waals surface area contributed by atoms with Crippen LogP contribution in [-0.2, 0) is 0 Å². The van der Waals surface area contributed by atoms with Crippen LogP contribution in [-0.4, -0.2) is 16.4 Å². The smallest absolute Gasteiger partial charge is 0.197 e. The highest BCUT2D eigenvalue weighted by Gasteiger charge is 2.22. The molecule has 0 aliphatic carbocycles. The lowest BCUT2D eigenvalue weighted by Crippen LogP contribution is -2.21. The van der Waals surface area contributed by atoms with Gasteiger partial charge in [0.25, 0.3) is 0 Å². The number of nitrogens with zero attached hydrogens (tertiary/aromatic N) is 1. The first-order valence-electron chi connectivity index (χ1n) is 7.39. The average molecular weight is 317 g/mol. The molecule has 4 aromatic rings. The summed E-state index contributed by atoms with van der Waals surface area (Å²) in [6.07, 6.45) is 0. The topological polar surface area (TPSA) is 118 Å². The van der Waals surface area contributed by atoms with Gasteiger partial charge in [0.15, 0.2) is 11.7 Å². The van der Waals surface area contributed by atoms with Gasteiger partial charge in [-0.15, -0.1) is 0 Å². The van der Waals surface area contributed by atoms with Crippen molar-refractivity contribution in [2.75, 3.05) is 0 Å². The van der Waals surface area contributed by atoms with Gasteiger partial charge in [0.05, 0.1) is 16.8 Å². The third kappa shape index (κ3) is 1.90. The predicted octanol–water partition coefficient (Wildman–Crippen LogP) is 3.08. The van der Waals surface area contributed by atoms with Crippen LogP contribution >= 0.6 is 0 Å². The predicted molar refractivity (Wildman–Crippen MR) is 95.5 cm³/mol. The Hall–Kier alpha value is -3.54. The van der Waals surface area contributed by atoms with Crippen molar-refractivity contribution in [1.29, 1.82) is 10.8 Å². The molecule has 0 aliphatic heterocycles. The van der Waals surface area contributed by atoms with E-state index in [0.29, 0.717) is 22.6 Å². The van der Waals surface area contributed by atoms with Crippen LogP contribution in [0.15, 0.2) is 59.0 Å². The second-order valence-corrected chi connectivity index (χ2v) is 5.53. The summed E-state index contributed by atoms with van der Waals surface area (Å²) in [6.45, 7) is 0. The quantitative estimate of drug-likeness (QED) is 0.336. The SMILES string of the molecule is N=C(N)c1c(-c2cc3ccccc3n2C(=N)N)oc2ccccc12. The maximum atomic E-state index is 7.96. The van der Waals surface area contributed by atoms with Crippen molar-refractivity contribution in [3.8, 4) is 11.5 Å². The number of rotatable bonds is 2. The second kappa shape index (κ2) is 4.99. The summed E-state index contributed by atoms with van der Waals surface area (Å²) in [7, 11) is 0. The molecule has 0 aliphatic rings. The highest BCUT2D eigenvalue weighted by Crippen LogP contribution is 2.36. The van der Waals surface area contributed by atoms with E-state index in [-0.39, 0.29) is 11.8 Å². The van der Waals surface area contributed by atoms with Crippen LogP contribution < -0.4 is 11.5 Å². The van der Waals surface area contributed by atoms with Crippen molar-refractivity contribution < 1.29 is 4.42 Å². The van der Waals surface area contributed by atoms with E-state index in [4.69, 9.17) is 26.7 Å². The molecule has 6 heteroatoms. The molecule has 4 rings (SSSR count). The Bertz CT molecular complexity index is 1030. The lowest BCUT2D eigenvalue weighted by molar-refractivity contribution is 0.627. The largest absolute Gasteiger partial charge is 0.454 e. The summed E-state index contributed by atoms with van der Waals surface area (Å²) in [4.78, 5) is 0. The Morgan fingerprint density at radius 1 is 0.958 bits per heavy atom. The van der Waals surface area contributed by atoms with Gasteiger partial charge in [-0.2, -0.15) is 0 Å². The van der Waals surface area contributed by atoms with Gasteiger partial charge in [0.2, 0.25) is 0 Å². The van der Waals surface area contributed by atoms with Crippen LogP contribution in [0.4, 0.5) is 0 Å².